The first-order valence-corrected chi connectivity index (χ1v) is 20.7. The van der Waals surface area contributed by atoms with Gasteiger partial charge in [-0.3, -0.25) is 24.0 Å². The summed E-state index contributed by atoms with van der Waals surface area (Å²) in [4.78, 5) is 82.1. The van der Waals surface area contributed by atoms with Crippen LogP contribution in [0.4, 0.5) is 5.69 Å². The van der Waals surface area contributed by atoms with Gasteiger partial charge in [-0.15, -0.1) is 16.4 Å². The molecule has 1 aliphatic carbocycles. The van der Waals surface area contributed by atoms with Gasteiger partial charge in [0.1, 0.15) is 27.6 Å². The molecule has 1 aromatic carbocycles. The minimum Gasteiger partial charge on any atom is -0.747 e. The molecule has 1 saturated carbocycles. The predicted octanol–water partition coefficient (Wildman–Crippen LogP) is 0.945. The monoisotopic (exact) mass is 807 g/mol. The van der Waals surface area contributed by atoms with E-state index in [9.17, 15) is 41.7 Å². The Morgan fingerprint density at radius 3 is 2.38 bits per heavy atom. The van der Waals surface area contributed by atoms with Crippen molar-refractivity contribution in [3.63, 3.8) is 0 Å². The number of amides is 5. The Morgan fingerprint density at radius 1 is 1.00 bits per heavy atom. The second kappa shape index (κ2) is 20.0. The van der Waals surface area contributed by atoms with Crippen LogP contribution in [0.3, 0.4) is 0 Å². The second-order valence-corrected chi connectivity index (χ2v) is 16.3. The third-order valence-corrected chi connectivity index (χ3v) is 11.8. The standard InChI is InChI=1S/C37H47N5O10S2.Na/c1-3-40(27-11-9-10-24(2)20-27)33(44)23-41-28-17-19-53-30(28)21-29(41)36(47)39-26-15-13-25(14-16-26)35(46)38-18-8-6-4-5-7-12-34(45)52-42-32(43)22-31(37(42)48)54(49,50)51;/h9-11,17,19-21,25-26,31H,3-8,12-16,18,22-23H2,1-2H3,(H,38,46)(H,39,47)(H,49,50,51);/q;+1/p-1/t25-,26-,31?;. The molecule has 2 aliphatic rings. The molecule has 1 atom stereocenters. The van der Waals surface area contributed by atoms with Crippen molar-refractivity contribution in [2.75, 3.05) is 18.0 Å². The van der Waals surface area contributed by atoms with E-state index in [2.05, 4.69) is 10.6 Å². The summed E-state index contributed by atoms with van der Waals surface area (Å²) in [6, 6.07) is 11.5. The normalized spacial score (nSPS) is 18.5. The number of benzene rings is 1. The van der Waals surface area contributed by atoms with Gasteiger partial charge in [-0.2, -0.15) is 0 Å². The molecule has 2 fully saturated rings. The van der Waals surface area contributed by atoms with Gasteiger partial charge in [-0.1, -0.05) is 31.4 Å². The van der Waals surface area contributed by atoms with Crippen molar-refractivity contribution >= 4 is 72.9 Å². The van der Waals surface area contributed by atoms with E-state index in [4.69, 9.17) is 4.84 Å². The van der Waals surface area contributed by atoms with Crippen molar-refractivity contribution in [2.24, 2.45) is 5.92 Å². The number of aromatic nitrogens is 1. The molecule has 2 N–H and O–H groups in total. The smallest absolute Gasteiger partial charge is 0.747 e. The average Bonchev–Trinajstić information content (AvgIpc) is 3.81. The first kappa shape index (κ1) is 44.1. The SMILES string of the molecule is CCN(C(=O)Cn1c(C(=O)N[C@H]2CC[C@H](C(=O)NCCCCCCCC(=O)ON3C(=O)CC(S(=O)(=O)[O-])C3=O)CC2)cc2sccc21)c1cccc(C)c1.[Na+]. The molecule has 292 valence electrons. The van der Waals surface area contributed by atoms with Gasteiger partial charge >= 0.3 is 35.5 Å². The molecule has 1 unspecified atom stereocenters. The number of likely N-dealkylation sites (N-methyl/N-ethyl adjacent to an activating group) is 1. The number of imide groups is 1. The number of carbonyl (C=O) groups is 6. The molecule has 0 bridgehead atoms. The number of hydrogen-bond acceptors (Lipinski definition) is 11. The van der Waals surface area contributed by atoms with E-state index in [0.717, 1.165) is 40.7 Å². The minimum atomic E-state index is -5.03. The van der Waals surface area contributed by atoms with E-state index in [1.165, 1.54) is 11.3 Å². The maximum absolute atomic E-state index is 13.6. The van der Waals surface area contributed by atoms with Crippen molar-refractivity contribution in [2.45, 2.75) is 102 Å². The summed E-state index contributed by atoms with van der Waals surface area (Å²) in [6.45, 7) is 4.94. The first-order valence-electron chi connectivity index (χ1n) is 18.3. The van der Waals surface area contributed by atoms with E-state index < -0.39 is 39.6 Å². The molecule has 15 nitrogen and oxygen atoms in total. The maximum atomic E-state index is 13.6. The van der Waals surface area contributed by atoms with Gasteiger partial charge < -0.3 is 29.5 Å². The summed E-state index contributed by atoms with van der Waals surface area (Å²) < 4.78 is 36.0. The van der Waals surface area contributed by atoms with Gasteiger partial charge in [-0.25, -0.2) is 13.2 Å². The maximum Gasteiger partial charge on any atom is 1.00 e. The molecular formula is C37H46N5NaO10S2. The molecule has 0 radical (unpaired) electrons. The van der Waals surface area contributed by atoms with Gasteiger partial charge in [0.25, 0.3) is 17.7 Å². The summed E-state index contributed by atoms with van der Waals surface area (Å²) in [5, 5.41) is 6.08. The Kier molecular flexibility index (Phi) is 16.0. The van der Waals surface area contributed by atoms with Crippen molar-refractivity contribution in [1.82, 2.24) is 20.3 Å². The summed E-state index contributed by atoms with van der Waals surface area (Å²) in [5.41, 5.74) is 3.15. The van der Waals surface area contributed by atoms with Gasteiger partial charge in [0.2, 0.25) is 11.8 Å². The van der Waals surface area contributed by atoms with Crippen molar-refractivity contribution < 1.29 is 76.1 Å². The van der Waals surface area contributed by atoms with Crippen LogP contribution in [0.2, 0.25) is 0 Å². The molecule has 2 aromatic heterocycles. The van der Waals surface area contributed by atoms with Crippen molar-refractivity contribution in [3.8, 4) is 0 Å². The quantitative estimate of drug-likeness (QED) is 0.0856. The topological polar surface area (TPSA) is 204 Å². The molecular weight excluding hydrogens is 762 g/mol. The summed E-state index contributed by atoms with van der Waals surface area (Å²) in [5.74, 6) is -3.78. The molecule has 1 saturated heterocycles. The van der Waals surface area contributed by atoms with Crippen LogP contribution in [0, 0.1) is 12.8 Å². The molecule has 5 amide bonds. The fourth-order valence-electron chi connectivity index (χ4n) is 6.95. The Labute approximate surface area is 346 Å². The number of nitrogens with one attached hydrogen (secondary N) is 2. The van der Waals surface area contributed by atoms with E-state index in [-0.39, 0.29) is 77.3 Å². The molecule has 18 heteroatoms. The minimum absolute atomic E-state index is 0. The fraction of sp³-hybridized carbons (Fsp3) is 0.514. The Bertz CT molecular complexity index is 1990. The average molecular weight is 808 g/mol. The Balaban J connectivity index is 0.00000673. The van der Waals surface area contributed by atoms with Gasteiger partial charge in [-0.05, 0) is 87.6 Å². The molecule has 1 aliphatic heterocycles. The van der Waals surface area contributed by atoms with E-state index >= 15 is 0 Å². The number of thiophene rings is 1. The summed E-state index contributed by atoms with van der Waals surface area (Å²) >= 11 is 1.52. The van der Waals surface area contributed by atoms with Crippen LogP contribution in [-0.2, 0) is 45.5 Å². The van der Waals surface area contributed by atoms with Gasteiger partial charge in [0.05, 0.1) is 16.6 Å². The number of rotatable bonds is 17. The van der Waals surface area contributed by atoms with Crippen LogP contribution in [0.5, 0.6) is 0 Å². The zero-order valence-corrected chi connectivity index (χ0v) is 35.0. The van der Waals surface area contributed by atoms with Crippen LogP contribution >= 0.6 is 11.3 Å². The van der Waals surface area contributed by atoms with Crippen LogP contribution in [0.1, 0.15) is 93.6 Å². The number of unbranched alkanes of at least 4 members (excludes halogenated alkanes) is 4. The zero-order chi connectivity index (χ0) is 39.0. The van der Waals surface area contributed by atoms with Gasteiger partial charge in [0, 0.05) is 37.2 Å². The summed E-state index contributed by atoms with van der Waals surface area (Å²) in [6.07, 6.45) is 5.05. The molecule has 3 heterocycles. The first-order chi connectivity index (χ1) is 25.8. The molecule has 55 heavy (non-hydrogen) atoms. The number of nitrogens with zero attached hydrogens (tertiary/aromatic N) is 3. The van der Waals surface area contributed by atoms with Crippen molar-refractivity contribution in [3.05, 3.63) is 53.0 Å². The van der Waals surface area contributed by atoms with Gasteiger partial charge in [0.15, 0.2) is 0 Å². The third kappa shape index (κ3) is 11.5. The number of hydroxylamine groups is 2. The number of aryl methyl sites for hydroxylation is 1. The van der Waals surface area contributed by atoms with Crippen LogP contribution in [-0.4, -0.2) is 82.5 Å². The largest absolute Gasteiger partial charge is 1.00 e. The molecule has 3 aromatic rings. The van der Waals surface area contributed by atoms with Crippen LogP contribution < -0.4 is 45.1 Å². The van der Waals surface area contributed by atoms with E-state index in [1.807, 2.05) is 55.6 Å². The Morgan fingerprint density at radius 2 is 1.71 bits per heavy atom. The number of hydrogen-bond donors (Lipinski definition) is 2. The predicted molar refractivity (Wildman–Crippen MR) is 199 cm³/mol. The Hall–Kier alpha value is -3.61. The van der Waals surface area contributed by atoms with Crippen molar-refractivity contribution in [1.29, 1.82) is 0 Å². The number of anilines is 1. The number of carbonyl (C=O) groups excluding carboxylic acids is 6. The molecule has 5 rings (SSSR count). The molecule has 0 spiro atoms. The van der Waals surface area contributed by atoms with E-state index in [1.54, 1.807) is 9.47 Å². The summed E-state index contributed by atoms with van der Waals surface area (Å²) in [7, 11) is -5.03. The second-order valence-electron chi connectivity index (χ2n) is 13.8. The van der Waals surface area contributed by atoms with E-state index in [0.29, 0.717) is 57.3 Å². The third-order valence-electron chi connectivity index (χ3n) is 9.87. The van der Waals surface area contributed by atoms with Crippen LogP contribution in [0.25, 0.3) is 10.2 Å². The zero-order valence-electron chi connectivity index (χ0n) is 31.4. The fourth-order valence-corrected chi connectivity index (χ4v) is 8.46. The van der Waals surface area contributed by atoms with Crippen LogP contribution in [0.15, 0.2) is 41.8 Å². The number of fused-ring (bicyclic) bond motifs is 1.